The number of sulfone groups is 1. The Morgan fingerprint density at radius 1 is 1.26 bits per heavy atom. The molecule has 2 aromatic heterocycles. The van der Waals surface area contributed by atoms with Crippen molar-refractivity contribution in [1.29, 1.82) is 0 Å². The van der Waals surface area contributed by atoms with Crippen LogP contribution in [-0.2, 0) is 38.1 Å². The van der Waals surface area contributed by atoms with E-state index >= 15 is 0 Å². The summed E-state index contributed by atoms with van der Waals surface area (Å²) in [5.74, 6) is -1.25. The molecule has 0 fully saturated rings. The number of furan rings is 1. The van der Waals surface area contributed by atoms with Gasteiger partial charge in [0.2, 0.25) is 0 Å². The number of esters is 1. The molecular weight excluding hydrogens is 442 g/mol. The molecule has 0 aliphatic carbocycles. The first-order chi connectivity index (χ1) is 14.8. The van der Waals surface area contributed by atoms with Crippen molar-refractivity contribution in [2.24, 2.45) is 0 Å². The summed E-state index contributed by atoms with van der Waals surface area (Å²) in [7, 11) is -1.72. The highest BCUT2D eigenvalue weighted by molar-refractivity contribution is 7.90. The van der Waals surface area contributed by atoms with Gasteiger partial charge in [-0.2, -0.15) is 0 Å². The fourth-order valence-electron chi connectivity index (χ4n) is 3.66. The normalized spacial score (nSPS) is 14.9. The first-order valence-corrected chi connectivity index (χ1v) is 12.3. The van der Waals surface area contributed by atoms with E-state index in [4.69, 9.17) is 13.9 Å². The van der Waals surface area contributed by atoms with Crippen LogP contribution in [0.4, 0.5) is 5.00 Å². The SMILES string of the molecule is CCOC(=O)c1c(NC(=O)c2oc3ccccc3c2COC)sc2c1CCS(=O)(=O)C2. The highest BCUT2D eigenvalue weighted by atomic mass is 32.2. The minimum Gasteiger partial charge on any atom is -0.462 e. The summed E-state index contributed by atoms with van der Waals surface area (Å²) in [6, 6.07) is 7.23. The molecule has 4 rings (SSSR count). The van der Waals surface area contributed by atoms with Crippen molar-refractivity contribution < 1.29 is 31.9 Å². The van der Waals surface area contributed by atoms with Gasteiger partial charge in [0, 0.05) is 22.9 Å². The molecular formula is C21H21NO7S2. The smallest absolute Gasteiger partial charge is 0.341 e. The van der Waals surface area contributed by atoms with Crippen molar-refractivity contribution in [3.05, 3.63) is 51.6 Å². The van der Waals surface area contributed by atoms with E-state index in [9.17, 15) is 18.0 Å². The molecule has 0 saturated carbocycles. The molecule has 0 spiro atoms. The number of rotatable bonds is 6. The average Bonchev–Trinajstić information content (AvgIpc) is 3.25. The molecule has 164 valence electrons. The van der Waals surface area contributed by atoms with Crippen molar-refractivity contribution >= 4 is 49.0 Å². The van der Waals surface area contributed by atoms with Gasteiger partial charge >= 0.3 is 5.97 Å². The van der Waals surface area contributed by atoms with Crippen LogP contribution < -0.4 is 5.32 Å². The lowest BCUT2D eigenvalue weighted by Gasteiger charge is -2.13. The molecule has 1 aliphatic heterocycles. The lowest BCUT2D eigenvalue weighted by molar-refractivity contribution is 0.0527. The van der Waals surface area contributed by atoms with E-state index < -0.39 is 21.7 Å². The Balaban J connectivity index is 1.75. The maximum absolute atomic E-state index is 13.1. The van der Waals surface area contributed by atoms with Crippen LogP contribution in [0, 0.1) is 0 Å². The van der Waals surface area contributed by atoms with Gasteiger partial charge in [-0.1, -0.05) is 18.2 Å². The highest BCUT2D eigenvalue weighted by Gasteiger charge is 2.33. The first-order valence-electron chi connectivity index (χ1n) is 9.67. The third-order valence-electron chi connectivity index (χ3n) is 5.00. The molecule has 0 atom stereocenters. The zero-order valence-corrected chi connectivity index (χ0v) is 18.7. The Labute approximate surface area is 183 Å². The van der Waals surface area contributed by atoms with Crippen molar-refractivity contribution in [3.8, 4) is 0 Å². The summed E-state index contributed by atoms with van der Waals surface area (Å²) in [5, 5.41) is 3.76. The number of hydrogen-bond acceptors (Lipinski definition) is 8. The number of amides is 1. The number of ether oxygens (including phenoxy) is 2. The minimum absolute atomic E-state index is 0.0436. The predicted octanol–water partition coefficient (Wildman–Crippen LogP) is 3.54. The number of fused-ring (bicyclic) bond motifs is 2. The summed E-state index contributed by atoms with van der Waals surface area (Å²) in [5.41, 5.74) is 1.98. The Morgan fingerprint density at radius 3 is 2.77 bits per heavy atom. The summed E-state index contributed by atoms with van der Waals surface area (Å²) in [6.45, 7) is 2.02. The lowest BCUT2D eigenvalue weighted by atomic mass is 10.1. The van der Waals surface area contributed by atoms with Crippen LogP contribution in [0.1, 0.15) is 43.8 Å². The second-order valence-electron chi connectivity index (χ2n) is 7.06. The zero-order chi connectivity index (χ0) is 22.2. The number of thiophene rings is 1. The van der Waals surface area contributed by atoms with Gasteiger partial charge in [-0.05, 0) is 25.0 Å². The van der Waals surface area contributed by atoms with Crippen molar-refractivity contribution in [2.75, 3.05) is 24.8 Å². The molecule has 0 unspecified atom stereocenters. The van der Waals surface area contributed by atoms with E-state index in [0.29, 0.717) is 21.6 Å². The van der Waals surface area contributed by atoms with Crippen LogP contribution in [-0.4, -0.2) is 39.8 Å². The summed E-state index contributed by atoms with van der Waals surface area (Å²) in [6.07, 6.45) is 0.206. The molecule has 1 aromatic carbocycles. The minimum atomic E-state index is -3.24. The van der Waals surface area contributed by atoms with Gasteiger partial charge in [0.25, 0.3) is 5.91 Å². The second kappa shape index (κ2) is 8.45. The van der Waals surface area contributed by atoms with Crippen molar-refractivity contribution in [3.63, 3.8) is 0 Å². The van der Waals surface area contributed by atoms with Crippen LogP contribution >= 0.6 is 11.3 Å². The molecule has 31 heavy (non-hydrogen) atoms. The largest absolute Gasteiger partial charge is 0.462 e. The van der Waals surface area contributed by atoms with Crippen LogP contribution in [0.3, 0.4) is 0 Å². The van der Waals surface area contributed by atoms with Gasteiger partial charge in [0.05, 0.1) is 30.3 Å². The molecule has 8 nitrogen and oxygen atoms in total. The summed E-state index contributed by atoms with van der Waals surface area (Å²) < 4.78 is 40.3. The molecule has 1 aliphatic rings. The molecule has 3 aromatic rings. The number of anilines is 1. The van der Waals surface area contributed by atoms with Crippen molar-refractivity contribution in [1.82, 2.24) is 0 Å². The fourth-order valence-corrected chi connectivity index (χ4v) is 6.69. The van der Waals surface area contributed by atoms with E-state index in [-0.39, 0.29) is 47.5 Å². The molecule has 3 heterocycles. The standard InChI is InChI=1S/C21H21NO7S2/c1-3-28-21(24)17-13-8-9-31(25,26)11-16(13)30-20(17)22-19(23)18-14(10-27-2)12-6-4-5-7-15(12)29-18/h4-7H,3,8-11H2,1-2H3,(H,22,23). The monoisotopic (exact) mass is 463 g/mol. The molecule has 0 saturated heterocycles. The molecule has 1 N–H and O–H groups in total. The van der Waals surface area contributed by atoms with Crippen molar-refractivity contribution in [2.45, 2.75) is 25.7 Å². The Bertz CT molecular complexity index is 1270. The third-order valence-corrected chi connectivity index (χ3v) is 7.89. The number of nitrogens with one attached hydrogen (secondary N) is 1. The maximum atomic E-state index is 13.1. The fraction of sp³-hybridized carbons (Fsp3) is 0.333. The zero-order valence-electron chi connectivity index (χ0n) is 17.0. The van der Waals surface area contributed by atoms with Gasteiger partial charge in [-0.15, -0.1) is 11.3 Å². The Morgan fingerprint density at radius 2 is 2.03 bits per heavy atom. The number of para-hydroxylation sites is 1. The Kier molecular flexibility index (Phi) is 5.87. The number of hydrogen-bond donors (Lipinski definition) is 1. The first kappa shape index (κ1) is 21.5. The summed E-state index contributed by atoms with van der Waals surface area (Å²) in [4.78, 5) is 26.3. The van der Waals surface area contributed by atoms with E-state index in [2.05, 4.69) is 5.32 Å². The quantitative estimate of drug-likeness (QED) is 0.557. The lowest BCUT2D eigenvalue weighted by Crippen LogP contribution is -2.20. The van der Waals surface area contributed by atoms with Crippen LogP contribution in [0.15, 0.2) is 28.7 Å². The third kappa shape index (κ3) is 4.10. The molecule has 0 bridgehead atoms. The van der Waals surface area contributed by atoms with Gasteiger partial charge in [-0.3, -0.25) is 4.79 Å². The number of benzene rings is 1. The second-order valence-corrected chi connectivity index (χ2v) is 10.4. The molecule has 1 amide bonds. The highest BCUT2D eigenvalue weighted by Crippen LogP contribution is 2.39. The predicted molar refractivity (Wildman–Crippen MR) is 116 cm³/mol. The molecule has 10 heteroatoms. The summed E-state index contributed by atoms with van der Waals surface area (Å²) >= 11 is 1.08. The van der Waals surface area contributed by atoms with E-state index in [1.54, 1.807) is 19.1 Å². The van der Waals surface area contributed by atoms with Crippen LogP contribution in [0.5, 0.6) is 0 Å². The van der Waals surface area contributed by atoms with Gasteiger partial charge < -0.3 is 19.2 Å². The van der Waals surface area contributed by atoms with Gasteiger partial charge in [-0.25, -0.2) is 13.2 Å². The van der Waals surface area contributed by atoms with Crippen LogP contribution in [0.2, 0.25) is 0 Å². The molecule has 0 radical (unpaired) electrons. The van der Waals surface area contributed by atoms with Crippen LogP contribution in [0.25, 0.3) is 11.0 Å². The number of methoxy groups -OCH3 is 1. The average molecular weight is 464 g/mol. The van der Waals surface area contributed by atoms with Gasteiger partial charge in [0.1, 0.15) is 10.6 Å². The maximum Gasteiger partial charge on any atom is 0.341 e. The Hall–Kier alpha value is -2.69. The number of carbonyl (C=O) groups excluding carboxylic acids is 2. The number of carbonyl (C=O) groups is 2. The van der Waals surface area contributed by atoms with Gasteiger partial charge in [0.15, 0.2) is 15.6 Å². The topological polar surface area (TPSA) is 112 Å². The van der Waals surface area contributed by atoms with E-state index in [1.165, 1.54) is 7.11 Å². The van der Waals surface area contributed by atoms with E-state index in [0.717, 1.165) is 16.7 Å². The van der Waals surface area contributed by atoms with E-state index in [1.807, 2.05) is 12.1 Å².